The fourth-order valence-electron chi connectivity index (χ4n) is 2.19. The Bertz CT molecular complexity index is 987. The molecule has 0 saturated heterocycles. The van der Waals surface area contributed by atoms with Crippen molar-refractivity contribution in [2.24, 2.45) is 0 Å². The lowest BCUT2D eigenvalue weighted by Gasteiger charge is -2.06. The lowest BCUT2D eigenvalue weighted by molar-refractivity contribution is -0.137. The Hall–Kier alpha value is -3.59. The monoisotopic (exact) mass is 343 g/mol. The number of rotatable bonds is 3. The molecule has 3 aromatic rings. The largest absolute Gasteiger partial charge is 0.444 e. The van der Waals surface area contributed by atoms with Crippen molar-refractivity contribution in [3.05, 3.63) is 59.5 Å². The maximum Gasteiger partial charge on any atom is 0.416 e. The number of hydrogen-bond acceptors (Lipinski definition) is 5. The number of benzene rings is 1. The molecule has 0 bridgehead atoms. The van der Waals surface area contributed by atoms with Crippen molar-refractivity contribution in [2.45, 2.75) is 12.7 Å². The first kappa shape index (κ1) is 16.3. The van der Waals surface area contributed by atoms with E-state index in [9.17, 15) is 13.2 Å². The molecule has 2 heterocycles. The molecular weight excluding hydrogens is 335 g/mol. The van der Waals surface area contributed by atoms with E-state index in [2.05, 4.69) is 9.97 Å². The van der Waals surface area contributed by atoms with Crippen molar-refractivity contribution >= 4 is 0 Å². The average Bonchev–Trinajstić information content (AvgIpc) is 3.21. The molecule has 0 atom stereocenters. The number of oxazole rings is 1. The van der Waals surface area contributed by atoms with Crippen LogP contribution in [0.1, 0.15) is 22.6 Å². The quantitative estimate of drug-likeness (QED) is 0.727. The minimum atomic E-state index is -4.41. The number of hydrogen-bond donors (Lipinski definition) is 0. The van der Waals surface area contributed by atoms with Gasteiger partial charge in [0.05, 0.1) is 24.1 Å². The van der Waals surface area contributed by atoms with E-state index in [0.717, 1.165) is 12.1 Å². The van der Waals surface area contributed by atoms with Gasteiger partial charge in [0.25, 0.3) is 0 Å². The number of nitrogens with zero attached hydrogens (tertiary/aromatic N) is 5. The SMILES string of the molecule is N#Cc1ncn(Cc2coc(-c3ccc(C(F)(F)F)cc3)n2)c1C#N. The standard InChI is InChI=1S/C16H8F3N5O/c17-16(18,19)11-3-1-10(2-4-11)15-23-12(8-25-15)7-24-9-22-13(5-20)14(24)6-21/h1-4,8-9H,7H2. The van der Waals surface area contributed by atoms with E-state index < -0.39 is 11.7 Å². The summed E-state index contributed by atoms with van der Waals surface area (Å²) in [5.74, 6) is 0.155. The number of imidazole rings is 1. The minimum absolute atomic E-state index is 0.00829. The first-order chi connectivity index (χ1) is 11.9. The smallest absolute Gasteiger partial charge is 0.416 e. The van der Waals surface area contributed by atoms with Crippen molar-refractivity contribution in [1.29, 1.82) is 10.5 Å². The Labute approximate surface area is 139 Å². The number of halogens is 3. The molecule has 9 heteroatoms. The fourth-order valence-corrected chi connectivity index (χ4v) is 2.19. The van der Waals surface area contributed by atoms with E-state index in [4.69, 9.17) is 14.9 Å². The second-order valence-electron chi connectivity index (χ2n) is 5.01. The van der Waals surface area contributed by atoms with Gasteiger partial charge >= 0.3 is 6.18 Å². The Morgan fingerprint density at radius 1 is 1.12 bits per heavy atom. The zero-order chi connectivity index (χ0) is 18.0. The molecular formula is C16H8F3N5O. The van der Waals surface area contributed by atoms with E-state index >= 15 is 0 Å². The molecule has 3 rings (SSSR count). The highest BCUT2D eigenvalue weighted by molar-refractivity contribution is 5.54. The molecule has 124 valence electrons. The van der Waals surface area contributed by atoms with Gasteiger partial charge in [0.1, 0.15) is 18.4 Å². The molecule has 1 aromatic carbocycles. The van der Waals surface area contributed by atoms with Gasteiger partial charge in [0.15, 0.2) is 11.4 Å². The Balaban J connectivity index is 1.83. The van der Waals surface area contributed by atoms with Gasteiger partial charge in [-0.15, -0.1) is 0 Å². The lowest BCUT2D eigenvalue weighted by atomic mass is 10.1. The molecule has 0 fully saturated rings. The van der Waals surface area contributed by atoms with Crippen LogP contribution in [0.15, 0.2) is 41.3 Å². The summed E-state index contributed by atoms with van der Waals surface area (Å²) in [5.41, 5.74) is 0.177. The molecule has 25 heavy (non-hydrogen) atoms. The van der Waals surface area contributed by atoms with Crippen LogP contribution in [0.3, 0.4) is 0 Å². The van der Waals surface area contributed by atoms with E-state index in [1.807, 2.05) is 12.1 Å². The summed E-state index contributed by atoms with van der Waals surface area (Å²) in [7, 11) is 0. The van der Waals surface area contributed by atoms with Gasteiger partial charge in [-0.3, -0.25) is 0 Å². The van der Waals surface area contributed by atoms with Gasteiger partial charge in [-0.1, -0.05) is 0 Å². The van der Waals surface area contributed by atoms with Crippen LogP contribution < -0.4 is 0 Å². The maximum atomic E-state index is 12.6. The van der Waals surface area contributed by atoms with Crippen molar-refractivity contribution in [3.63, 3.8) is 0 Å². The molecule has 0 spiro atoms. The highest BCUT2D eigenvalue weighted by atomic mass is 19.4. The minimum Gasteiger partial charge on any atom is -0.444 e. The third-order valence-corrected chi connectivity index (χ3v) is 3.39. The van der Waals surface area contributed by atoms with Crippen LogP contribution in [-0.4, -0.2) is 14.5 Å². The lowest BCUT2D eigenvalue weighted by Crippen LogP contribution is -2.04. The van der Waals surface area contributed by atoms with Crippen molar-refractivity contribution in [3.8, 4) is 23.6 Å². The zero-order valence-corrected chi connectivity index (χ0v) is 12.4. The van der Waals surface area contributed by atoms with Crippen LogP contribution >= 0.6 is 0 Å². The fraction of sp³-hybridized carbons (Fsp3) is 0.125. The molecule has 2 aromatic heterocycles. The molecule has 0 saturated carbocycles. The van der Waals surface area contributed by atoms with Gasteiger partial charge < -0.3 is 8.98 Å². The van der Waals surface area contributed by atoms with Crippen LogP contribution in [-0.2, 0) is 12.7 Å². The number of aromatic nitrogens is 3. The molecule has 0 radical (unpaired) electrons. The Morgan fingerprint density at radius 3 is 2.44 bits per heavy atom. The summed E-state index contributed by atoms with van der Waals surface area (Å²) in [6.07, 6.45) is -1.74. The van der Waals surface area contributed by atoms with Crippen LogP contribution in [0.2, 0.25) is 0 Å². The molecule has 0 unspecified atom stereocenters. The van der Waals surface area contributed by atoms with E-state index in [1.54, 1.807) is 0 Å². The molecule has 0 aliphatic heterocycles. The number of nitriles is 2. The Kier molecular flexibility index (Phi) is 3.99. The van der Waals surface area contributed by atoms with Gasteiger partial charge in [0, 0.05) is 5.56 Å². The third-order valence-electron chi connectivity index (χ3n) is 3.39. The van der Waals surface area contributed by atoms with Crippen LogP contribution in [0, 0.1) is 22.7 Å². The van der Waals surface area contributed by atoms with Gasteiger partial charge in [-0.25, -0.2) is 9.97 Å². The molecule has 0 amide bonds. The van der Waals surface area contributed by atoms with Gasteiger partial charge in [0.2, 0.25) is 5.89 Å². The van der Waals surface area contributed by atoms with E-state index in [1.165, 1.54) is 29.3 Å². The summed E-state index contributed by atoms with van der Waals surface area (Å²) in [4.78, 5) is 8.00. The predicted octanol–water partition coefficient (Wildman–Crippen LogP) is 3.35. The van der Waals surface area contributed by atoms with E-state index in [0.29, 0.717) is 11.3 Å². The predicted molar refractivity (Wildman–Crippen MR) is 77.7 cm³/mol. The van der Waals surface area contributed by atoms with E-state index in [-0.39, 0.29) is 23.8 Å². The van der Waals surface area contributed by atoms with Crippen molar-refractivity contribution in [2.75, 3.05) is 0 Å². The summed E-state index contributed by atoms with van der Waals surface area (Å²) >= 11 is 0. The topological polar surface area (TPSA) is 91.4 Å². The highest BCUT2D eigenvalue weighted by Crippen LogP contribution is 2.30. The summed E-state index contributed by atoms with van der Waals surface area (Å²) < 4.78 is 44.4. The van der Waals surface area contributed by atoms with Crippen molar-refractivity contribution < 1.29 is 17.6 Å². The van der Waals surface area contributed by atoms with Crippen LogP contribution in [0.5, 0.6) is 0 Å². The number of alkyl halides is 3. The highest BCUT2D eigenvalue weighted by Gasteiger charge is 2.30. The second-order valence-corrected chi connectivity index (χ2v) is 5.01. The average molecular weight is 343 g/mol. The van der Waals surface area contributed by atoms with Gasteiger partial charge in [-0.2, -0.15) is 23.7 Å². The summed E-state index contributed by atoms with van der Waals surface area (Å²) in [6.45, 7) is 0.141. The maximum absolute atomic E-state index is 12.6. The first-order valence-corrected chi connectivity index (χ1v) is 6.89. The molecule has 0 aliphatic carbocycles. The molecule has 6 nitrogen and oxygen atoms in total. The molecule has 0 N–H and O–H groups in total. The van der Waals surface area contributed by atoms with Crippen LogP contribution in [0.25, 0.3) is 11.5 Å². The Morgan fingerprint density at radius 2 is 1.84 bits per heavy atom. The summed E-state index contributed by atoms with van der Waals surface area (Å²) in [5, 5.41) is 17.9. The third kappa shape index (κ3) is 3.21. The molecule has 0 aliphatic rings. The zero-order valence-electron chi connectivity index (χ0n) is 12.4. The second kappa shape index (κ2) is 6.13. The first-order valence-electron chi connectivity index (χ1n) is 6.89. The van der Waals surface area contributed by atoms with Crippen LogP contribution in [0.4, 0.5) is 13.2 Å². The summed E-state index contributed by atoms with van der Waals surface area (Å²) in [6, 6.07) is 8.13. The van der Waals surface area contributed by atoms with Gasteiger partial charge in [-0.05, 0) is 24.3 Å². The van der Waals surface area contributed by atoms with Crippen molar-refractivity contribution in [1.82, 2.24) is 14.5 Å². The normalized spacial score (nSPS) is 11.1.